The van der Waals surface area contributed by atoms with Crippen LogP contribution >= 0.6 is 0 Å². The summed E-state index contributed by atoms with van der Waals surface area (Å²) in [5.74, 6) is -0.211. The molecule has 3 N–H and O–H groups in total. The topological polar surface area (TPSA) is 74.0 Å². The highest BCUT2D eigenvalue weighted by atomic mass is 16.2. The van der Waals surface area contributed by atoms with E-state index in [-0.39, 0.29) is 11.5 Å². The number of aromatic nitrogens is 1. The van der Waals surface area contributed by atoms with Crippen molar-refractivity contribution >= 4 is 16.8 Å². The molecule has 1 aromatic heterocycles. The van der Waals surface area contributed by atoms with Crippen molar-refractivity contribution in [3.05, 3.63) is 57.9 Å². The Kier molecular flexibility index (Phi) is 3.83. The van der Waals surface area contributed by atoms with Gasteiger partial charge in [0.2, 0.25) is 5.56 Å². The monoisotopic (exact) mass is 283 g/mol. The van der Waals surface area contributed by atoms with Gasteiger partial charge < -0.3 is 15.6 Å². The molecule has 5 heteroatoms. The summed E-state index contributed by atoms with van der Waals surface area (Å²) in [6, 6.07) is 8.67. The quantitative estimate of drug-likeness (QED) is 0.740. The molecule has 1 amide bonds. The number of carbonyl (C=O) groups is 1. The van der Waals surface area contributed by atoms with Crippen molar-refractivity contribution in [3.63, 3.8) is 0 Å². The first kappa shape index (κ1) is 13.6. The number of nitrogens with one attached hydrogen (secondary N) is 3. The number of pyridine rings is 1. The van der Waals surface area contributed by atoms with E-state index in [0.717, 1.165) is 24.9 Å². The number of H-pyrrole nitrogens is 1. The molecule has 1 aliphatic heterocycles. The number of fused-ring (bicyclic) bond motifs is 1. The Labute approximate surface area is 122 Å². The van der Waals surface area contributed by atoms with E-state index in [0.29, 0.717) is 17.6 Å². The first-order valence-electron chi connectivity index (χ1n) is 7.03. The van der Waals surface area contributed by atoms with E-state index >= 15 is 0 Å². The van der Waals surface area contributed by atoms with Gasteiger partial charge in [0.05, 0.1) is 5.56 Å². The summed E-state index contributed by atoms with van der Waals surface area (Å²) in [6.45, 7) is 2.32. The third kappa shape index (κ3) is 3.03. The molecule has 0 radical (unpaired) electrons. The average Bonchev–Trinajstić information content (AvgIpc) is 2.52. The molecule has 3 rings (SSSR count). The van der Waals surface area contributed by atoms with E-state index in [4.69, 9.17) is 0 Å². The molecule has 0 spiro atoms. The standard InChI is InChI=1S/C16H17N3O2/c20-15-9-13(12-3-1-2-4-14(12)19-15)16(21)18-10-11-5-7-17-8-6-11/h1-5,9,17H,6-8,10H2,(H,18,21)(H,19,20). The summed E-state index contributed by atoms with van der Waals surface area (Å²) in [7, 11) is 0. The number of para-hydroxylation sites is 1. The van der Waals surface area contributed by atoms with Gasteiger partial charge in [-0.3, -0.25) is 9.59 Å². The zero-order chi connectivity index (χ0) is 14.7. The molecule has 5 nitrogen and oxygen atoms in total. The van der Waals surface area contributed by atoms with Crippen molar-refractivity contribution in [3.8, 4) is 0 Å². The van der Waals surface area contributed by atoms with Crippen LogP contribution < -0.4 is 16.2 Å². The highest BCUT2D eigenvalue weighted by Crippen LogP contribution is 2.14. The van der Waals surface area contributed by atoms with Crippen LogP contribution in [-0.4, -0.2) is 30.5 Å². The number of hydrogen-bond acceptors (Lipinski definition) is 3. The van der Waals surface area contributed by atoms with Crippen LogP contribution in [0.15, 0.2) is 46.8 Å². The molecule has 2 heterocycles. The zero-order valence-electron chi connectivity index (χ0n) is 11.6. The molecule has 108 valence electrons. The molecule has 0 bridgehead atoms. The smallest absolute Gasteiger partial charge is 0.252 e. The van der Waals surface area contributed by atoms with Gasteiger partial charge in [0.25, 0.3) is 5.91 Å². The van der Waals surface area contributed by atoms with Crippen LogP contribution in [0.25, 0.3) is 10.9 Å². The molecule has 0 atom stereocenters. The number of carbonyl (C=O) groups excluding carboxylic acids is 1. The Balaban J connectivity index is 1.84. The summed E-state index contributed by atoms with van der Waals surface area (Å²) in [5, 5.41) is 6.89. The van der Waals surface area contributed by atoms with Gasteiger partial charge in [0.1, 0.15) is 0 Å². The lowest BCUT2D eigenvalue weighted by Gasteiger charge is -2.15. The molecule has 1 aliphatic rings. The minimum absolute atomic E-state index is 0.211. The largest absolute Gasteiger partial charge is 0.348 e. The fourth-order valence-corrected chi connectivity index (χ4v) is 2.51. The van der Waals surface area contributed by atoms with Crippen LogP contribution in [0.1, 0.15) is 16.8 Å². The van der Waals surface area contributed by atoms with Crippen molar-refractivity contribution in [2.24, 2.45) is 0 Å². The van der Waals surface area contributed by atoms with E-state index < -0.39 is 0 Å². The molecular weight excluding hydrogens is 266 g/mol. The van der Waals surface area contributed by atoms with Gasteiger partial charge in [-0.15, -0.1) is 0 Å². The third-order valence-electron chi connectivity index (χ3n) is 3.63. The van der Waals surface area contributed by atoms with Gasteiger partial charge in [-0.2, -0.15) is 0 Å². The van der Waals surface area contributed by atoms with E-state index in [1.807, 2.05) is 18.2 Å². The molecule has 1 aromatic carbocycles. The second-order valence-electron chi connectivity index (χ2n) is 5.09. The normalized spacial score (nSPS) is 14.8. The second kappa shape index (κ2) is 5.93. The lowest BCUT2D eigenvalue weighted by molar-refractivity contribution is 0.0958. The molecule has 0 fully saturated rings. The molecule has 0 unspecified atom stereocenters. The van der Waals surface area contributed by atoms with Crippen LogP contribution in [0.5, 0.6) is 0 Å². The van der Waals surface area contributed by atoms with Crippen LogP contribution in [0.2, 0.25) is 0 Å². The van der Waals surface area contributed by atoms with Crippen molar-refractivity contribution < 1.29 is 4.79 Å². The summed E-state index contributed by atoms with van der Waals surface area (Å²) in [4.78, 5) is 26.7. The van der Waals surface area contributed by atoms with Gasteiger partial charge in [-0.1, -0.05) is 29.8 Å². The predicted octanol–water partition coefficient (Wildman–Crippen LogP) is 1.18. The summed E-state index contributed by atoms with van der Waals surface area (Å²) in [6.07, 6.45) is 3.04. The zero-order valence-corrected chi connectivity index (χ0v) is 11.6. The highest BCUT2D eigenvalue weighted by Gasteiger charge is 2.12. The Morgan fingerprint density at radius 1 is 1.29 bits per heavy atom. The fraction of sp³-hybridized carbons (Fsp3) is 0.250. The van der Waals surface area contributed by atoms with Gasteiger partial charge in [-0.25, -0.2) is 0 Å². The molecular formula is C16H17N3O2. The molecule has 21 heavy (non-hydrogen) atoms. The van der Waals surface area contributed by atoms with Gasteiger partial charge in [0, 0.05) is 30.1 Å². The van der Waals surface area contributed by atoms with E-state index in [1.54, 1.807) is 6.07 Å². The fourth-order valence-electron chi connectivity index (χ4n) is 2.51. The van der Waals surface area contributed by atoms with Gasteiger partial charge in [-0.05, 0) is 19.0 Å². The maximum absolute atomic E-state index is 12.3. The molecule has 0 saturated carbocycles. The van der Waals surface area contributed by atoms with Crippen LogP contribution in [0.3, 0.4) is 0 Å². The number of hydrogen-bond donors (Lipinski definition) is 3. The minimum atomic E-state index is -0.264. The summed E-state index contributed by atoms with van der Waals surface area (Å²) < 4.78 is 0. The number of amides is 1. The number of rotatable bonds is 3. The van der Waals surface area contributed by atoms with Crippen LogP contribution in [0, 0.1) is 0 Å². The number of aromatic amines is 1. The van der Waals surface area contributed by atoms with Gasteiger partial charge >= 0.3 is 0 Å². The Hall–Kier alpha value is -2.40. The van der Waals surface area contributed by atoms with Crippen molar-refractivity contribution in [1.29, 1.82) is 0 Å². The Morgan fingerprint density at radius 3 is 2.95 bits per heavy atom. The van der Waals surface area contributed by atoms with E-state index in [9.17, 15) is 9.59 Å². The Morgan fingerprint density at radius 2 is 2.14 bits per heavy atom. The minimum Gasteiger partial charge on any atom is -0.348 e. The predicted molar refractivity (Wildman–Crippen MR) is 82.5 cm³/mol. The molecule has 2 aromatic rings. The maximum Gasteiger partial charge on any atom is 0.252 e. The van der Waals surface area contributed by atoms with Crippen molar-refractivity contribution in [2.75, 3.05) is 19.6 Å². The Bertz CT molecular complexity index is 761. The third-order valence-corrected chi connectivity index (χ3v) is 3.63. The van der Waals surface area contributed by atoms with Crippen molar-refractivity contribution in [2.45, 2.75) is 6.42 Å². The highest BCUT2D eigenvalue weighted by molar-refractivity contribution is 6.05. The van der Waals surface area contributed by atoms with Crippen LogP contribution in [0.4, 0.5) is 0 Å². The lowest BCUT2D eigenvalue weighted by Crippen LogP contribution is -2.30. The second-order valence-corrected chi connectivity index (χ2v) is 5.09. The average molecular weight is 283 g/mol. The van der Waals surface area contributed by atoms with E-state index in [1.165, 1.54) is 11.6 Å². The summed E-state index contributed by atoms with van der Waals surface area (Å²) >= 11 is 0. The van der Waals surface area contributed by atoms with Crippen molar-refractivity contribution in [1.82, 2.24) is 15.6 Å². The molecule has 0 aliphatic carbocycles. The molecule has 0 saturated heterocycles. The van der Waals surface area contributed by atoms with Gasteiger partial charge in [0.15, 0.2) is 0 Å². The van der Waals surface area contributed by atoms with E-state index in [2.05, 4.69) is 21.7 Å². The number of benzene rings is 1. The first-order chi connectivity index (χ1) is 10.2. The first-order valence-corrected chi connectivity index (χ1v) is 7.03. The SMILES string of the molecule is O=C(NCC1=CCNCC1)c1cc(=O)[nH]c2ccccc12. The van der Waals surface area contributed by atoms with Crippen LogP contribution in [-0.2, 0) is 0 Å². The summed E-state index contributed by atoms with van der Waals surface area (Å²) in [5.41, 5.74) is 2.05. The lowest BCUT2D eigenvalue weighted by atomic mass is 10.1. The maximum atomic E-state index is 12.3.